The van der Waals surface area contributed by atoms with E-state index in [0.29, 0.717) is 45.1 Å². The highest BCUT2D eigenvalue weighted by Crippen LogP contribution is 2.45. The molecule has 0 amide bonds. The molecular formula is C61H67N3O. The fourth-order valence-corrected chi connectivity index (χ4v) is 8.18. The minimum atomic E-state index is -4.24. The van der Waals surface area contributed by atoms with E-state index in [1.54, 1.807) is 44.3 Å². The van der Waals surface area contributed by atoms with Crippen molar-refractivity contribution in [3.05, 3.63) is 167 Å². The Labute approximate surface area is 419 Å². The van der Waals surface area contributed by atoms with Crippen molar-refractivity contribution in [2.24, 2.45) is 0 Å². The van der Waals surface area contributed by atoms with Gasteiger partial charge in [0.1, 0.15) is 11.6 Å². The molecule has 2 heterocycles. The summed E-state index contributed by atoms with van der Waals surface area (Å²) in [5.41, 5.74) is -6.41. The number of pyridine rings is 1. The van der Waals surface area contributed by atoms with Gasteiger partial charge in [0, 0.05) is 53.0 Å². The highest BCUT2D eigenvalue weighted by molar-refractivity contribution is 5.97. The van der Waals surface area contributed by atoms with E-state index >= 15 is 0 Å². The number of phenols is 1. The Hall–Kier alpha value is -6.26. The smallest absolute Gasteiger partial charge is 0.149 e. The molecule has 0 saturated heterocycles. The molecule has 2 aromatic heterocycles. The van der Waals surface area contributed by atoms with E-state index in [4.69, 9.17) is 36.0 Å². The number of aromatic hydroxyl groups is 1. The van der Waals surface area contributed by atoms with E-state index in [1.165, 1.54) is 22.8 Å². The minimum Gasteiger partial charge on any atom is -0.507 e. The molecule has 6 aromatic carbocycles. The first-order chi connectivity index (χ1) is 39.6. The first kappa shape index (κ1) is 25.4. The van der Waals surface area contributed by atoms with Crippen molar-refractivity contribution in [3.63, 3.8) is 0 Å². The van der Waals surface area contributed by atoms with Gasteiger partial charge in [-0.1, -0.05) is 168 Å². The summed E-state index contributed by atoms with van der Waals surface area (Å²) in [4.78, 5) is 9.84. The quantitative estimate of drug-likeness (QED) is 0.165. The Morgan fingerprint density at radius 2 is 1.29 bits per heavy atom. The van der Waals surface area contributed by atoms with Gasteiger partial charge in [-0.3, -0.25) is 9.55 Å². The number of nitrogens with zero attached hydrogens (tertiary/aromatic N) is 3. The van der Waals surface area contributed by atoms with Gasteiger partial charge in [0.15, 0.2) is 0 Å². The van der Waals surface area contributed by atoms with Gasteiger partial charge in [0.25, 0.3) is 0 Å². The van der Waals surface area contributed by atoms with Gasteiger partial charge in [-0.25, -0.2) is 4.98 Å². The van der Waals surface area contributed by atoms with Gasteiger partial charge in [-0.15, -0.1) is 0 Å². The Morgan fingerprint density at radius 1 is 0.585 bits per heavy atom. The predicted octanol–water partition coefficient (Wildman–Crippen LogP) is 16.9. The lowest BCUT2D eigenvalue weighted by atomic mass is 9.79. The van der Waals surface area contributed by atoms with E-state index in [2.05, 4.69) is 0 Å². The lowest BCUT2D eigenvalue weighted by Gasteiger charge is -2.27. The van der Waals surface area contributed by atoms with Crippen molar-refractivity contribution in [3.8, 4) is 67.5 Å². The number of aryl methyl sites for hydroxylation is 1. The van der Waals surface area contributed by atoms with E-state index in [0.717, 1.165) is 22.3 Å². The molecule has 0 aliphatic carbocycles. The van der Waals surface area contributed by atoms with Gasteiger partial charge in [0.2, 0.25) is 0 Å². The van der Waals surface area contributed by atoms with E-state index in [9.17, 15) is 9.22 Å². The van der Waals surface area contributed by atoms with Crippen LogP contribution in [0, 0.1) is 6.85 Å². The van der Waals surface area contributed by atoms with E-state index in [-0.39, 0.29) is 28.7 Å². The maximum atomic E-state index is 13.1. The van der Waals surface area contributed by atoms with Crippen molar-refractivity contribution >= 4 is 11.0 Å². The Bertz CT molecular complexity index is 3830. The SMILES string of the molecule is [2H]C([2H])([2H])c1cc(-c2cc(C(C)C)cc(C([2H])(C)C)c2)ccc1-n1c(-c2cc(C(C([2H])([2H])[2H])(C([2H])([2H])[2H])C([2H])([2H])[2H])cc(C(C([2H])([2H])[2H])(C([2H])([2H])[2H])C([2H])([2H])[2H])c2O)nc2c(-c3cc(-c4cc(-c5ccccc5)ccn4)cc(C(C)(C)C)c3)cccc21. The van der Waals surface area contributed by atoms with Crippen LogP contribution in [0.1, 0.15) is 165 Å². The molecule has 0 radical (unpaired) electrons. The van der Waals surface area contributed by atoms with Crippen LogP contribution in [0.5, 0.6) is 5.75 Å². The van der Waals surface area contributed by atoms with Crippen molar-refractivity contribution in [1.82, 2.24) is 14.5 Å². The summed E-state index contributed by atoms with van der Waals surface area (Å²) in [7, 11) is 0. The minimum absolute atomic E-state index is 0.00293. The van der Waals surface area contributed by atoms with Crippen molar-refractivity contribution < 1.29 is 35.3 Å². The van der Waals surface area contributed by atoms with Crippen LogP contribution in [0.4, 0.5) is 0 Å². The molecule has 0 bridgehead atoms. The molecule has 8 rings (SSSR count). The van der Waals surface area contributed by atoms with Gasteiger partial charge >= 0.3 is 0 Å². The fourth-order valence-electron chi connectivity index (χ4n) is 8.18. The lowest BCUT2D eigenvalue weighted by molar-refractivity contribution is 0.446. The summed E-state index contributed by atoms with van der Waals surface area (Å²) in [6.07, 6.45) is 1.67. The molecule has 0 aliphatic heterocycles. The van der Waals surface area contributed by atoms with Crippen LogP contribution in [0.15, 0.2) is 134 Å². The predicted molar refractivity (Wildman–Crippen MR) is 277 cm³/mol. The molecule has 4 heteroatoms. The third-order valence-electron chi connectivity index (χ3n) is 11.9. The van der Waals surface area contributed by atoms with Crippen LogP contribution in [0.3, 0.4) is 0 Å². The monoisotopic (exact) mass is 880 g/mol. The molecule has 0 atom stereocenters. The lowest BCUT2D eigenvalue weighted by Crippen LogP contribution is -2.17. The zero-order chi connectivity index (χ0) is 65.2. The highest BCUT2D eigenvalue weighted by Gasteiger charge is 2.29. The molecule has 0 saturated carbocycles. The zero-order valence-electron chi connectivity index (χ0n) is 59.6. The largest absolute Gasteiger partial charge is 0.507 e. The average Bonchev–Trinajstić information content (AvgIpc) is 1.31. The molecule has 0 spiro atoms. The van der Waals surface area contributed by atoms with E-state index in [1.807, 2.05) is 107 Å². The summed E-state index contributed by atoms with van der Waals surface area (Å²) < 4.78 is 196. The van der Waals surface area contributed by atoms with Crippen LogP contribution in [0.2, 0.25) is 0 Å². The summed E-state index contributed by atoms with van der Waals surface area (Å²) in [6.45, 7) is -14.8. The Balaban J connectivity index is 1.63. The number of para-hydroxylation sites is 1. The zero-order valence-corrected chi connectivity index (χ0v) is 37.6. The second-order valence-corrected chi connectivity index (χ2v) is 18.4. The Kier molecular flexibility index (Phi) is 6.63. The number of fused-ring (bicyclic) bond motifs is 1. The van der Waals surface area contributed by atoms with Gasteiger partial charge in [-0.05, 0) is 139 Å². The first-order valence-electron chi connectivity index (χ1n) is 32.5. The van der Waals surface area contributed by atoms with E-state index < -0.39 is 104 Å². The van der Waals surface area contributed by atoms with Crippen LogP contribution >= 0.6 is 0 Å². The topological polar surface area (TPSA) is 50.9 Å². The number of hydrogen-bond acceptors (Lipinski definition) is 3. The summed E-state index contributed by atoms with van der Waals surface area (Å²) >= 11 is 0. The highest BCUT2D eigenvalue weighted by atomic mass is 16.3. The molecule has 65 heavy (non-hydrogen) atoms. The molecule has 332 valence electrons. The number of rotatable bonds is 8. The van der Waals surface area contributed by atoms with Gasteiger partial charge < -0.3 is 5.11 Å². The first-order valence-corrected chi connectivity index (χ1v) is 21.5. The summed E-state index contributed by atoms with van der Waals surface area (Å²) in [5.74, 6) is -3.30. The third-order valence-corrected chi connectivity index (χ3v) is 11.9. The second kappa shape index (κ2) is 16.9. The molecule has 4 nitrogen and oxygen atoms in total. The van der Waals surface area contributed by atoms with Crippen molar-refractivity contribution in [2.45, 2.75) is 124 Å². The van der Waals surface area contributed by atoms with Crippen LogP contribution in [-0.4, -0.2) is 19.6 Å². The number of hydrogen-bond donors (Lipinski definition) is 1. The van der Waals surface area contributed by atoms with Crippen molar-refractivity contribution in [2.75, 3.05) is 0 Å². The molecule has 0 fully saturated rings. The standard InChI is InChI=1S/C61H67N3O/c1-37(2)43-28-44(38(3)4)30-45(29-43)41-23-24-54(39(5)27-41)64-55-22-18-21-50(56(55)63-58(64)51-35-49(60(9,10)11)36-52(57(51)65)61(12,13)14)46-31-47(33-48(32-46)59(6,7)8)53-34-42(25-26-62-53)40-19-16-15-17-20-40/h15-38,65H,1-14H3/i5D3,9D3,10D3,11D3,12D3,13D3,14D3,37D. The summed E-state index contributed by atoms with van der Waals surface area (Å²) in [6, 6.07) is 34.6. The van der Waals surface area contributed by atoms with Crippen LogP contribution in [0.25, 0.3) is 72.7 Å². The molecule has 0 aliphatic rings. The number of imidazole rings is 1. The molecule has 1 N–H and O–H groups in total. The second-order valence-electron chi connectivity index (χ2n) is 18.4. The van der Waals surface area contributed by atoms with Crippen LogP contribution in [-0.2, 0) is 16.2 Å². The van der Waals surface area contributed by atoms with Gasteiger partial charge in [0.05, 0.1) is 28.0 Å². The van der Waals surface area contributed by atoms with Gasteiger partial charge in [-0.2, -0.15) is 0 Å². The fraction of sp³-hybridized carbons (Fsp3) is 0.311. The number of benzene rings is 6. The molecule has 8 aromatic rings. The maximum absolute atomic E-state index is 13.1. The molecule has 0 unspecified atom stereocenters. The Morgan fingerprint density at radius 3 is 1.98 bits per heavy atom. The molecular weight excluding hydrogens is 791 g/mol. The normalized spacial score (nSPS) is 19.0. The van der Waals surface area contributed by atoms with Crippen molar-refractivity contribution in [1.29, 1.82) is 0 Å². The number of aromatic nitrogens is 3. The van der Waals surface area contributed by atoms with Crippen LogP contribution < -0.4 is 0 Å². The average molecular weight is 880 g/mol. The summed E-state index contributed by atoms with van der Waals surface area (Å²) in [5, 5.41) is 13.1. The third kappa shape index (κ3) is 9.06. The number of phenolic OH excluding ortho intramolecular Hbond substituents is 1. The maximum Gasteiger partial charge on any atom is 0.149 e.